The lowest BCUT2D eigenvalue weighted by Crippen LogP contribution is -2.41. The van der Waals surface area contributed by atoms with Crippen LogP contribution in [0, 0.1) is 6.92 Å². The molecule has 0 unspecified atom stereocenters. The van der Waals surface area contributed by atoms with Crippen molar-refractivity contribution in [3.05, 3.63) is 75.2 Å². The van der Waals surface area contributed by atoms with E-state index < -0.39 is 17.2 Å². The van der Waals surface area contributed by atoms with E-state index in [1.807, 2.05) is 37.3 Å². The van der Waals surface area contributed by atoms with Gasteiger partial charge in [0.1, 0.15) is 18.1 Å². The number of nitrogens with zero attached hydrogens (tertiary/aromatic N) is 5. The van der Waals surface area contributed by atoms with Crippen LogP contribution in [0.5, 0.6) is 0 Å². The predicted molar refractivity (Wildman–Crippen MR) is 123 cm³/mol. The Bertz CT molecular complexity index is 1490. The van der Waals surface area contributed by atoms with E-state index in [1.54, 1.807) is 12.1 Å². The number of hydrogen-bond acceptors (Lipinski definition) is 6. The van der Waals surface area contributed by atoms with Crippen molar-refractivity contribution in [2.75, 3.05) is 5.32 Å². The van der Waals surface area contributed by atoms with Crippen molar-refractivity contribution in [1.82, 2.24) is 23.7 Å². The normalized spacial score (nSPS) is 11.0. The second-order valence-corrected chi connectivity index (χ2v) is 7.80. The molecule has 168 valence electrons. The fraction of sp³-hybridized carbons (Fsp3) is 0.217. The molecule has 0 aliphatic carbocycles. The van der Waals surface area contributed by atoms with Crippen molar-refractivity contribution in [2.45, 2.75) is 26.9 Å². The van der Waals surface area contributed by atoms with Crippen LogP contribution < -0.4 is 16.6 Å². The minimum absolute atomic E-state index is 0.0647. The minimum Gasteiger partial charge on any atom is -0.315 e. The molecule has 33 heavy (non-hydrogen) atoms. The van der Waals surface area contributed by atoms with Gasteiger partial charge in [0.05, 0.1) is 18.6 Å². The van der Waals surface area contributed by atoms with Gasteiger partial charge >= 0.3 is 5.69 Å². The highest BCUT2D eigenvalue weighted by molar-refractivity contribution is 5.90. The summed E-state index contributed by atoms with van der Waals surface area (Å²) in [6.07, 6.45) is 1.32. The number of anilines is 1. The molecule has 10 nitrogen and oxygen atoms in total. The van der Waals surface area contributed by atoms with E-state index in [0.717, 1.165) is 15.7 Å². The van der Waals surface area contributed by atoms with Crippen molar-refractivity contribution in [2.24, 2.45) is 7.05 Å². The number of fused-ring (bicyclic) bond motifs is 1. The molecule has 0 atom stereocenters. The number of aryl methyl sites for hydroxylation is 2. The van der Waals surface area contributed by atoms with Gasteiger partial charge in [-0.25, -0.2) is 14.8 Å². The molecule has 0 saturated carbocycles. The van der Waals surface area contributed by atoms with Gasteiger partial charge in [-0.15, -0.1) is 0 Å². The lowest BCUT2D eigenvalue weighted by Gasteiger charge is -2.10. The molecule has 0 fully saturated rings. The molecule has 0 radical (unpaired) electrons. The zero-order valence-electron chi connectivity index (χ0n) is 18.4. The Labute approximate surface area is 188 Å². The van der Waals surface area contributed by atoms with Gasteiger partial charge in [0.25, 0.3) is 5.56 Å². The number of benzene rings is 1. The molecule has 3 aromatic heterocycles. The van der Waals surface area contributed by atoms with Crippen molar-refractivity contribution < 1.29 is 9.59 Å². The Hall–Kier alpha value is -4.34. The van der Waals surface area contributed by atoms with Gasteiger partial charge in [-0.3, -0.25) is 23.5 Å². The van der Waals surface area contributed by atoms with Crippen LogP contribution in [0.15, 0.2) is 58.4 Å². The quantitative estimate of drug-likeness (QED) is 0.479. The first-order valence-corrected chi connectivity index (χ1v) is 10.2. The monoisotopic (exact) mass is 446 g/mol. The standard InChI is InChI=1S/C23H22N6O4/c1-14-7-9-16(10-8-14)17-5-4-6-18(25-17)26-19(31)12-28-13-24-21-20(28)22(32)29(11-15(2)30)23(33)27(21)3/h4-10,13H,11-12H2,1-3H3,(H,25,26,31). The van der Waals surface area contributed by atoms with E-state index >= 15 is 0 Å². The summed E-state index contributed by atoms with van der Waals surface area (Å²) in [4.78, 5) is 58.1. The Morgan fingerprint density at radius 2 is 1.76 bits per heavy atom. The van der Waals surface area contributed by atoms with E-state index in [4.69, 9.17) is 0 Å². The molecular weight excluding hydrogens is 424 g/mol. The minimum atomic E-state index is -0.673. The Kier molecular flexibility index (Phi) is 5.74. The van der Waals surface area contributed by atoms with Gasteiger partial charge in [-0.2, -0.15) is 0 Å². The van der Waals surface area contributed by atoms with Crippen LogP contribution in [0.4, 0.5) is 5.82 Å². The molecule has 4 rings (SSSR count). The van der Waals surface area contributed by atoms with Crippen LogP contribution in [0.1, 0.15) is 12.5 Å². The lowest BCUT2D eigenvalue weighted by molar-refractivity contribution is -0.118. The summed E-state index contributed by atoms with van der Waals surface area (Å²) in [5, 5.41) is 2.73. The van der Waals surface area contributed by atoms with Gasteiger partial charge in [0.15, 0.2) is 11.2 Å². The summed E-state index contributed by atoms with van der Waals surface area (Å²) in [7, 11) is 1.46. The summed E-state index contributed by atoms with van der Waals surface area (Å²) in [5.74, 6) is -0.394. The van der Waals surface area contributed by atoms with Crippen LogP contribution in [-0.2, 0) is 29.7 Å². The van der Waals surface area contributed by atoms with Crippen LogP contribution in [-0.4, -0.2) is 35.4 Å². The highest BCUT2D eigenvalue weighted by Crippen LogP contribution is 2.19. The number of nitrogens with one attached hydrogen (secondary N) is 1. The molecular formula is C23H22N6O4. The summed E-state index contributed by atoms with van der Waals surface area (Å²) < 4.78 is 3.38. The Morgan fingerprint density at radius 1 is 1.03 bits per heavy atom. The van der Waals surface area contributed by atoms with Gasteiger partial charge in [0, 0.05) is 12.6 Å². The average molecular weight is 446 g/mol. The molecule has 10 heteroatoms. The van der Waals surface area contributed by atoms with E-state index in [2.05, 4.69) is 15.3 Å². The van der Waals surface area contributed by atoms with Crippen molar-refractivity contribution in [1.29, 1.82) is 0 Å². The van der Waals surface area contributed by atoms with Crippen LogP contribution in [0.2, 0.25) is 0 Å². The molecule has 0 saturated heterocycles. The van der Waals surface area contributed by atoms with Crippen LogP contribution in [0.25, 0.3) is 22.4 Å². The first kappa shape index (κ1) is 21.9. The summed E-state index contributed by atoms with van der Waals surface area (Å²) in [6.45, 7) is 2.72. The number of carbonyl (C=O) groups excluding carboxylic acids is 2. The maximum Gasteiger partial charge on any atom is 0.332 e. The summed E-state index contributed by atoms with van der Waals surface area (Å²) in [6, 6.07) is 13.2. The van der Waals surface area contributed by atoms with Gasteiger partial charge in [-0.1, -0.05) is 35.9 Å². The predicted octanol–water partition coefficient (Wildman–Crippen LogP) is 1.49. The number of imidazole rings is 1. The number of amides is 1. The number of hydrogen-bond donors (Lipinski definition) is 1. The lowest BCUT2D eigenvalue weighted by atomic mass is 10.1. The maximum absolute atomic E-state index is 12.9. The molecule has 3 heterocycles. The summed E-state index contributed by atoms with van der Waals surface area (Å²) >= 11 is 0. The molecule has 0 aliphatic rings. The van der Waals surface area contributed by atoms with Gasteiger partial charge in [-0.05, 0) is 26.0 Å². The SMILES string of the molecule is CC(=O)Cn1c(=O)c2c(ncn2CC(=O)Nc2cccc(-c3ccc(C)cc3)n2)n(C)c1=O. The number of pyridine rings is 1. The van der Waals surface area contributed by atoms with E-state index in [1.165, 1.54) is 29.4 Å². The highest BCUT2D eigenvalue weighted by atomic mass is 16.2. The largest absolute Gasteiger partial charge is 0.332 e. The van der Waals surface area contributed by atoms with E-state index in [9.17, 15) is 19.2 Å². The third-order valence-corrected chi connectivity index (χ3v) is 5.16. The number of Topliss-reactive ketones (excluding diaryl/α,β-unsaturated/α-hetero) is 1. The fourth-order valence-corrected chi connectivity index (χ4v) is 3.53. The molecule has 0 aliphatic heterocycles. The molecule has 1 aromatic carbocycles. The Balaban J connectivity index is 1.61. The van der Waals surface area contributed by atoms with Crippen molar-refractivity contribution in [3.8, 4) is 11.3 Å². The molecule has 0 bridgehead atoms. The maximum atomic E-state index is 12.9. The molecule has 1 amide bonds. The number of ketones is 1. The number of carbonyl (C=O) groups is 2. The molecule has 1 N–H and O–H groups in total. The highest BCUT2D eigenvalue weighted by Gasteiger charge is 2.18. The first-order chi connectivity index (χ1) is 15.7. The zero-order valence-corrected chi connectivity index (χ0v) is 18.4. The average Bonchev–Trinajstić information content (AvgIpc) is 3.19. The van der Waals surface area contributed by atoms with Crippen molar-refractivity contribution >= 4 is 28.7 Å². The second kappa shape index (κ2) is 8.65. The van der Waals surface area contributed by atoms with E-state index in [0.29, 0.717) is 11.5 Å². The topological polar surface area (TPSA) is 121 Å². The fourth-order valence-electron chi connectivity index (χ4n) is 3.53. The van der Waals surface area contributed by atoms with Gasteiger partial charge < -0.3 is 9.88 Å². The first-order valence-electron chi connectivity index (χ1n) is 10.2. The Morgan fingerprint density at radius 3 is 2.45 bits per heavy atom. The van der Waals surface area contributed by atoms with E-state index in [-0.39, 0.29) is 30.0 Å². The van der Waals surface area contributed by atoms with Crippen molar-refractivity contribution in [3.63, 3.8) is 0 Å². The van der Waals surface area contributed by atoms with Crippen LogP contribution >= 0.6 is 0 Å². The zero-order chi connectivity index (χ0) is 23.7. The molecule has 4 aromatic rings. The van der Waals surface area contributed by atoms with Gasteiger partial charge in [0.2, 0.25) is 5.91 Å². The van der Waals surface area contributed by atoms with Crippen LogP contribution in [0.3, 0.4) is 0 Å². The number of rotatable bonds is 6. The summed E-state index contributed by atoms with van der Waals surface area (Å²) in [5.41, 5.74) is 1.65. The molecule has 0 spiro atoms. The third kappa shape index (κ3) is 4.36. The third-order valence-electron chi connectivity index (χ3n) is 5.16. The smallest absolute Gasteiger partial charge is 0.315 e. The second-order valence-electron chi connectivity index (χ2n) is 7.80. The number of aromatic nitrogens is 5.